The number of nitrogens with one attached hydrogen (secondary N) is 5. The molecule has 1 aromatic heterocycles. The molecule has 12 nitrogen and oxygen atoms in total. The maximum atomic E-state index is 13.5. The van der Waals surface area contributed by atoms with Gasteiger partial charge in [0.15, 0.2) is 5.96 Å². The maximum Gasteiger partial charge on any atom is 0.243 e. The van der Waals surface area contributed by atoms with E-state index in [0.717, 1.165) is 22.0 Å². The minimum absolute atomic E-state index is 0.0757. The number of H-pyrrole nitrogens is 1. The molecule has 1 fully saturated rings. The first kappa shape index (κ1) is 28.1. The molecule has 0 unspecified atom stereocenters. The lowest BCUT2D eigenvalue weighted by Crippen LogP contribution is -2.60. The van der Waals surface area contributed by atoms with Crippen molar-refractivity contribution in [2.24, 2.45) is 16.5 Å². The molecular formula is C28H34N8O4. The number of carbonyl (C=O) groups is 4. The number of aromatic nitrogens is 1. The summed E-state index contributed by atoms with van der Waals surface area (Å²) < 4.78 is 0. The van der Waals surface area contributed by atoms with Gasteiger partial charge in [-0.2, -0.15) is 0 Å². The van der Waals surface area contributed by atoms with Crippen LogP contribution in [-0.2, 0) is 32.0 Å². The Kier molecular flexibility index (Phi) is 9.34. The molecule has 1 saturated heterocycles. The van der Waals surface area contributed by atoms with Gasteiger partial charge >= 0.3 is 0 Å². The van der Waals surface area contributed by atoms with Crippen molar-refractivity contribution in [3.63, 3.8) is 0 Å². The van der Waals surface area contributed by atoms with Crippen LogP contribution in [0.5, 0.6) is 0 Å². The quantitative estimate of drug-likeness (QED) is 0.114. The van der Waals surface area contributed by atoms with Crippen LogP contribution in [0, 0.1) is 0 Å². The van der Waals surface area contributed by atoms with Crippen molar-refractivity contribution in [3.05, 3.63) is 71.9 Å². The number of aliphatic imine (C=N–C) groups is 1. The van der Waals surface area contributed by atoms with Crippen molar-refractivity contribution in [2.45, 2.75) is 43.8 Å². The van der Waals surface area contributed by atoms with Crippen molar-refractivity contribution >= 4 is 40.5 Å². The van der Waals surface area contributed by atoms with Gasteiger partial charge in [-0.05, 0) is 30.0 Å². The Morgan fingerprint density at radius 1 is 0.800 bits per heavy atom. The molecule has 1 aliphatic heterocycles. The molecule has 3 aromatic rings. The molecule has 4 rings (SSSR count). The standard InChI is InChI=1S/C28H34N8O4/c29-28(30)31-12-6-11-21-26(39)36-23(14-18-15-32-20-10-5-4-9-19(18)20)25(38)33-16-24(37)34-22(27(40)35-21)13-17-7-2-1-3-8-17/h1-5,7-10,15,21-23,32H,6,11-14,16H2,(H,33,38)(H,34,37)(H,35,40)(H,36,39)(H4,29,30,31)/t21-,22-,23-/m0/s1. The molecule has 1 aliphatic rings. The molecule has 3 atom stereocenters. The fourth-order valence-corrected chi connectivity index (χ4v) is 4.64. The molecule has 12 heteroatoms. The Hall–Kier alpha value is -4.87. The molecule has 0 aliphatic carbocycles. The molecule has 2 heterocycles. The third-order valence-electron chi connectivity index (χ3n) is 6.67. The number of guanidine groups is 1. The molecule has 0 radical (unpaired) electrons. The molecule has 4 amide bonds. The van der Waals surface area contributed by atoms with E-state index in [4.69, 9.17) is 11.5 Å². The van der Waals surface area contributed by atoms with Gasteiger partial charge in [-0.15, -0.1) is 0 Å². The van der Waals surface area contributed by atoms with Crippen LogP contribution in [0.15, 0.2) is 65.8 Å². The molecule has 0 spiro atoms. The van der Waals surface area contributed by atoms with Crippen LogP contribution in [0.3, 0.4) is 0 Å². The van der Waals surface area contributed by atoms with Crippen molar-refractivity contribution in [2.75, 3.05) is 13.1 Å². The first-order valence-electron chi connectivity index (χ1n) is 13.1. The third kappa shape index (κ3) is 7.59. The highest BCUT2D eigenvalue weighted by Crippen LogP contribution is 2.19. The summed E-state index contributed by atoms with van der Waals surface area (Å²) in [6, 6.07) is 13.9. The van der Waals surface area contributed by atoms with Gasteiger partial charge in [0.1, 0.15) is 18.1 Å². The second-order valence-electron chi connectivity index (χ2n) is 9.66. The molecule has 2 aromatic carbocycles. The Morgan fingerprint density at radius 2 is 1.48 bits per heavy atom. The molecule has 0 bridgehead atoms. The van der Waals surface area contributed by atoms with Gasteiger partial charge in [-0.25, -0.2) is 0 Å². The van der Waals surface area contributed by atoms with Crippen molar-refractivity contribution in [3.8, 4) is 0 Å². The molecule has 9 N–H and O–H groups in total. The van der Waals surface area contributed by atoms with E-state index in [1.807, 2.05) is 54.6 Å². The number of aromatic amines is 1. The minimum atomic E-state index is -0.991. The Bertz CT molecular complexity index is 1380. The average Bonchev–Trinajstić information content (AvgIpc) is 3.35. The lowest BCUT2D eigenvalue weighted by atomic mass is 10.0. The van der Waals surface area contributed by atoms with E-state index in [1.165, 1.54) is 0 Å². The minimum Gasteiger partial charge on any atom is -0.370 e. The van der Waals surface area contributed by atoms with Gasteiger partial charge in [-0.3, -0.25) is 24.2 Å². The summed E-state index contributed by atoms with van der Waals surface area (Å²) in [6.45, 7) is -0.0922. The zero-order valence-corrected chi connectivity index (χ0v) is 22.0. The fraction of sp³-hybridized carbons (Fsp3) is 0.321. The van der Waals surface area contributed by atoms with Gasteiger partial charge in [-0.1, -0.05) is 48.5 Å². The zero-order chi connectivity index (χ0) is 28.5. The van der Waals surface area contributed by atoms with Crippen LogP contribution in [0.2, 0.25) is 0 Å². The van der Waals surface area contributed by atoms with Crippen LogP contribution in [0.25, 0.3) is 10.9 Å². The Balaban J connectivity index is 1.58. The smallest absolute Gasteiger partial charge is 0.243 e. The van der Waals surface area contributed by atoms with Crippen molar-refractivity contribution in [1.82, 2.24) is 26.3 Å². The van der Waals surface area contributed by atoms with E-state index in [2.05, 4.69) is 31.2 Å². The molecular weight excluding hydrogens is 512 g/mol. The van der Waals surface area contributed by atoms with Crippen molar-refractivity contribution in [1.29, 1.82) is 0 Å². The topological polar surface area (TPSA) is 197 Å². The van der Waals surface area contributed by atoms with Gasteiger partial charge in [0.25, 0.3) is 0 Å². The van der Waals surface area contributed by atoms with Crippen LogP contribution < -0.4 is 32.7 Å². The summed E-state index contributed by atoms with van der Waals surface area (Å²) in [6.07, 6.45) is 2.77. The van der Waals surface area contributed by atoms with Crippen LogP contribution in [-0.4, -0.2) is 65.8 Å². The number of rotatable bonds is 8. The normalized spacial score (nSPS) is 20.4. The number of nitrogens with zero attached hydrogens (tertiary/aromatic N) is 1. The van der Waals surface area contributed by atoms with Gasteiger partial charge < -0.3 is 37.7 Å². The average molecular weight is 547 g/mol. The number of hydrogen-bond donors (Lipinski definition) is 7. The summed E-state index contributed by atoms with van der Waals surface area (Å²) in [7, 11) is 0. The van der Waals surface area contributed by atoms with E-state index in [1.54, 1.807) is 6.20 Å². The van der Waals surface area contributed by atoms with Crippen LogP contribution >= 0.6 is 0 Å². The number of benzene rings is 2. The lowest BCUT2D eigenvalue weighted by Gasteiger charge is -2.27. The summed E-state index contributed by atoms with van der Waals surface area (Å²) in [5, 5.41) is 11.8. The monoisotopic (exact) mass is 546 g/mol. The predicted molar refractivity (Wildman–Crippen MR) is 151 cm³/mol. The third-order valence-corrected chi connectivity index (χ3v) is 6.67. The number of hydrogen-bond acceptors (Lipinski definition) is 5. The van der Waals surface area contributed by atoms with E-state index in [0.29, 0.717) is 6.42 Å². The summed E-state index contributed by atoms with van der Waals surface area (Å²) >= 11 is 0. The van der Waals surface area contributed by atoms with Crippen LogP contribution in [0.1, 0.15) is 24.0 Å². The molecule has 0 saturated carbocycles. The predicted octanol–water partition coefficient (Wildman–Crippen LogP) is -0.409. The van der Waals surface area contributed by atoms with Gasteiger partial charge in [0.05, 0.1) is 6.54 Å². The fourth-order valence-electron chi connectivity index (χ4n) is 4.64. The second-order valence-corrected chi connectivity index (χ2v) is 9.66. The lowest BCUT2D eigenvalue weighted by molar-refractivity contribution is -0.135. The highest BCUT2D eigenvalue weighted by Gasteiger charge is 2.31. The van der Waals surface area contributed by atoms with E-state index < -0.39 is 41.8 Å². The SMILES string of the molecule is NC(N)=NCCC[C@@H]1NC(=O)[C@H](Cc2ccccc2)NC(=O)CNC(=O)[C@H](Cc2c[nH]c3ccccc23)NC1=O. The highest BCUT2D eigenvalue weighted by atomic mass is 16.2. The van der Waals surface area contributed by atoms with Crippen molar-refractivity contribution < 1.29 is 19.2 Å². The summed E-state index contributed by atoms with van der Waals surface area (Å²) in [4.78, 5) is 60.0. The molecule has 210 valence electrons. The Morgan fingerprint density at radius 3 is 2.25 bits per heavy atom. The zero-order valence-electron chi connectivity index (χ0n) is 22.0. The summed E-state index contributed by atoms with van der Waals surface area (Å²) in [5.74, 6) is -2.15. The second kappa shape index (κ2) is 13.3. The van der Waals surface area contributed by atoms with E-state index in [9.17, 15) is 19.2 Å². The Labute approximate surface area is 231 Å². The number of nitrogens with two attached hydrogens (primary N) is 2. The van der Waals surface area contributed by atoms with Gasteiger partial charge in [0, 0.05) is 36.5 Å². The van der Waals surface area contributed by atoms with E-state index in [-0.39, 0.29) is 38.3 Å². The first-order chi connectivity index (χ1) is 19.3. The number of para-hydroxylation sites is 1. The highest BCUT2D eigenvalue weighted by molar-refractivity contribution is 5.97. The van der Waals surface area contributed by atoms with Gasteiger partial charge in [0.2, 0.25) is 23.6 Å². The van der Waals surface area contributed by atoms with Crippen LogP contribution in [0.4, 0.5) is 0 Å². The molecule has 40 heavy (non-hydrogen) atoms. The number of fused-ring (bicyclic) bond motifs is 1. The first-order valence-corrected chi connectivity index (χ1v) is 13.1. The van der Waals surface area contributed by atoms with E-state index >= 15 is 0 Å². The number of carbonyl (C=O) groups excluding carboxylic acids is 4. The maximum absolute atomic E-state index is 13.5. The summed E-state index contributed by atoms with van der Waals surface area (Å²) in [5.41, 5.74) is 13.4. The largest absolute Gasteiger partial charge is 0.370 e. The number of amides is 4.